The number of hydrogen-bond acceptors (Lipinski definition) is 3. The van der Waals surface area contributed by atoms with E-state index in [0.29, 0.717) is 17.9 Å². The Balaban J connectivity index is 4.59. The summed E-state index contributed by atoms with van der Waals surface area (Å²) in [7, 11) is 0. The van der Waals surface area contributed by atoms with Crippen LogP contribution in [0.1, 0.15) is 48.0 Å². The van der Waals surface area contributed by atoms with E-state index in [1.54, 1.807) is 27.7 Å². The number of alkyl carbamates (subject to hydrolysis) is 1. The molecule has 2 atom stereocenters. The Bertz CT molecular complexity index is 292. The van der Waals surface area contributed by atoms with Crippen LogP contribution in [0.4, 0.5) is 4.79 Å². The van der Waals surface area contributed by atoms with Gasteiger partial charge in [-0.05, 0) is 40.0 Å². The van der Waals surface area contributed by atoms with E-state index in [0.717, 1.165) is 0 Å². The highest BCUT2D eigenvalue weighted by Crippen LogP contribution is 2.14. The van der Waals surface area contributed by atoms with E-state index in [1.165, 1.54) is 0 Å². The van der Waals surface area contributed by atoms with Crippen LogP contribution in [-0.4, -0.2) is 28.9 Å². The van der Waals surface area contributed by atoms with Crippen molar-refractivity contribution < 1.29 is 14.6 Å². The van der Waals surface area contributed by atoms with Gasteiger partial charge in [0, 0.05) is 0 Å². The lowest BCUT2D eigenvalue weighted by atomic mass is 9.96. The molecule has 2 N–H and O–H groups in total. The number of aliphatic hydroxyl groups is 1. The minimum atomic E-state index is -0.750. The van der Waals surface area contributed by atoms with Crippen molar-refractivity contribution in [2.45, 2.75) is 65.7 Å². The van der Waals surface area contributed by atoms with E-state index < -0.39 is 17.8 Å². The van der Waals surface area contributed by atoms with Gasteiger partial charge in [-0.3, -0.25) is 0 Å². The predicted molar refractivity (Wildman–Crippen MR) is 73.4 cm³/mol. The van der Waals surface area contributed by atoms with Crippen molar-refractivity contribution in [1.29, 1.82) is 0 Å². The first-order valence-electron chi connectivity index (χ1n) is 6.36. The number of carbonyl (C=O) groups is 1. The number of carbonyl (C=O) groups excluding carboxylic acids is 1. The van der Waals surface area contributed by atoms with Gasteiger partial charge >= 0.3 is 6.09 Å². The zero-order valence-corrected chi connectivity index (χ0v) is 12.4. The zero-order chi connectivity index (χ0) is 14.5. The summed E-state index contributed by atoms with van der Waals surface area (Å²) in [5.41, 5.74) is 0.0948. The molecular weight excluding hydrogens is 230 g/mol. The highest BCUT2D eigenvalue weighted by molar-refractivity contribution is 5.68. The molecule has 1 amide bonds. The standard InChI is InChI=1S/C14H27NO3/c1-9(2)8-11(12(16)10(3)4)15-13(17)18-14(5,6)7/h9,11-12,16H,3,8H2,1-2,4-7H3,(H,15,17)/t11-,12+/m0/s1. The molecule has 0 saturated carbocycles. The summed E-state index contributed by atoms with van der Waals surface area (Å²) in [5.74, 6) is 0.360. The Kier molecular flexibility index (Phi) is 6.39. The number of ether oxygens (including phenoxy) is 1. The van der Waals surface area contributed by atoms with Crippen LogP contribution in [0, 0.1) is 5.92 Å². The van der Waals surface area contributed by atoms with Crippen LogP contribution in [0.5, 0.6) is 0 Å². The maximum absolute atomic E-state index is 11.7. The molecule has 0 aromatic rings. The molecule has 18 heavy (non-hydrogen) atoms. The summed E-state index contributed by atoms with van der Waals surface area (Å²) in [4.78, 5) is 11.7. The van der Waals surface area contributed by atoms with Gasteiger partial charge in [-0.25, -0.2) is 4.79 Å². The molecule has 0 aliphatic carbocycles. The molecule has 0 aliphatic rings. The lowest BCUT2D eigenvalue weighted by Gasteiger charge is -2.28. The molecule has 0 rings (SSSR count). The van der Waals surface area contributed by atoms with Crippen molar-refractivity contribution in [2.24, 2.45) is 5.92 Å². The van der Waals surface area contributed by atoms with Crippen molar-refractivity contribution >= 4 is 6.09 Å². The number of aliphatic hydroxyl groups excluding tert-OH is 1. The molecule has 0 aromatic heterocycles. The molecule has 0 spiro atoms. The number of rotatable bonds is 5. The largest absolute Gasteiger partial charge is 0.444 e. The van der Waals surface area contributed by atoms with Crippen molar-refractivity contribution in [3.05, 3.63) is 12.2 Å². The summed E-state index contributed by atoms with van der Waals surface area (Å²) in [6.07, 6.45) is -0.582. The summed E-state index contributed by atoms with van der Waals surface area (Å²) < 4.78 is 5.19. The van der Waals surface area contributed by atoms with E-state index in [4.69, 9.17) is 4.74 Å². The maximum atomic E-state index is 11.7. The fourth-order valence-electron chi connectivity index (χ4n) is 1.58. The van der Waals surface area contributed by atoms with Crippen LogP contribution in [0.2, 0.25) is 0 Å². The van der Waals surface area contributed by atoms with Crippen molar-refractivity contribution in [1.82, 2.24) is 5.32 Å². The molecule has 0 aromatic carbocycles. The molecular formula is C14H27NO3. The first-order valence-corrected chi connectivity index (χ1v) is 6.36. The second kappa shape index (κ2) is 6.78. The van der Waals surface area contributed by atoms with Crippen LogP contribution in [0.25, 0.3) is 0 Å². The molecule has 0 unspecified atom stereocenters. The van der Waals surface area contributed by atoms with Crippen LogP contribution in [-0.2, 0) is 4.74 Å². The minimum Gasteiger partial charge on any atom is -0.444 e. The Morgan fingerprint density at radius 1 is 1.39 bits per heavy atom. The van der Waals surface area contributed by atoms with Crippen molar-refractivity contribution in [2.75, 3.05) is 0 Å². The Labute approximate surface area is 110 Å². The highest BCUT2D eigenvalue weighted by Gasteiger charge is 2.25. The van der Waals surface area contributed by atoms with E-state index in [9.17, 15) is 9.90 Å². The molecule has 106 valence electrons. The molecule has 0 heterocycles. The van der Waals surface area contributed by atoms with Crippen LogP contribution in [0.3, 0.4) is 0 Å². The van der Waals surface area contributed by atoms with Gasteiger partial charge in [0.05, 0.1) is 12.1 Å². The highest BCUT2D eigenvalue weighted by atomic mass is 16.6. The minimum absolute atomic E-state index is 0.360. The normalized spacial score (nSPS) is 15.1. The van der Waals surface area contributed by atoms with Gasteiger partial charge in [0.25, 0.3) is 0 Å². The van der Waals surface area contributed by atoms with E-state index in [2.05, 4.69) is 11.9 Å². The molecule has 0 fully saturated rings. The van der Waals surface area contributed by atoms with Crippen LogP contribution >= 0.6 is 0 Å². The Hall–Kier alpha value is -1.03. The quantitative estimate of drug-likeness (QED) is 0.745. The van der Waals surface area contributed by atoms with Gasteiger partial charge in [-0.15, -0.1) is 0 Å². The molecule has 0 saturated heterocycles. The van der Waals surface area contributed by atoms with Gasteiger partial charge in [-0.1, -0.05) is 26.0 Å². The van der Waals surface area contributed by atoms with Gasteiger partial charge in [-0.2, -0.15) is 0 Å². The van der Waals surface area contributed by atoms with E-state index >= 15 is 0 Å². The number of hydrogen-bond donors (Lipinski definition) is 2. The number of nitrogens with one attached hydrogen (secondary N) is 1. The van der Waals surface area contributed by atoms with E-state index in [-0.39, 0.29) is 6.04 Å². The summed E-state index contributed by atoms with van der Waals surface area (Å²) in [5, 5.41) is 12.7. The first-order chi connectivity index (χ1) is 8.03. The Morgan fingerprint density at radius 3 is 2.22 bits per heavy atom. The van der Waals surface area contributed by atoms with Gasteiger partial charge in [0.2, 0.25) is 0 Å². The van der Waals surface area contributed by atoms with E-state index in [1.807, 2.05) is 13.8 Å². The molecule has 0 radical (unpaired) electrons. The molecule has 0 aliphatic heterocycles. The lowest BCUT2D eigenvalue weighted by Crippen LogP contribution is -2.46. The van der Waals surface area contributed by atoms with Crippen LogP contribution in [0.15, 0.2) is 12.2 Å². The smallest absolute Gasteiger partial charge is 0.407 e. The summed E-state index contributed by atoms with van der Waals surface area (Å²) >= 11 is 0. The van der Waals surface area contributed by atoms with Crippen LogP contribution < -0.4 is 5.32 Å². The zero-order valence-electron chi connectivity index (χ0n) is 12.4. The third-order valence-corrected chi connectivity index (χ3v) is 2.31. The van der Waals surface area contributed by atoms with Gasteiger partial charge < -0.3 is 15.2 Å². The molecule has 4 heteroatoms. The average molecular weight is 257 g/mol. The van der Waals surface area contributed by atoms with Gasteiger partial charge in [0.15, 0.2) is 0 Å². The fraction of sp³-hybridized carbons (Fsp3) is 0.786. The Morgan fingerprint density at radius 2 is 1.89 bits per heavy atom. The predicted octanol–water partition coefficient (Wildman–Crippen LogP) is 2.86. The average Bonchev–Trinajstić information content (AvgIpc) is 2.11. The summed E-state index contributed by atoms with van der Waals surface area (Å²) in [6.45, 7) is 15.0. The maximum Gasteiger partial charge on any atom is 0.407 e. The second-order valence-electron chi connectivity index (χ2n) is 6.17. The van der Waals surface area contributed by atoms with Gasteiger partial charge in [0.1, 0.15) is 5.60 Å². The molecule has 4 nitrogen and oxygen atoms in total. The fourth-order valence-corrected chi connectivity index (χ4v) is 1.58. The second-order valence-corrected chi connectivity index (χ2v) is 6.17. The monoisotopic (exact) mass is 257 g/mol. The third kappa shape index (κ3) is 7.33. The topological polar surface area (TPSA) is 58.6 Å². The van der Waals surface area contributed by atoms with Crippen molar-refractivity contribution in [3.63, 3.8) is 0 Å². The lowest BCUT2D eigenvalue weighted by molar-refractivity contribution is 0.0435. The third-order valence-electron chi connectivity index (χ3n) is 2.31. The number of amides is 1. The van der Waals surface area contributed by atoms with Crippen molar-refractivity contribution in [3.8, 4) is 0 Å². The first kappa shape index (κ1) is 17.0. The summed E-state index contributed by atoms with van der Waals surface area (Å²) in [6, 6.07) is -0.364. The SMILES string of the molecule is C=C(C)[C@@H](O)[C@H](CC(C)C)NC(=O)OC(C)(C)C. The molecule has 0 bridgehead atoms.